The molecule has 2 bridgehead atoms. The minimum atomic E-state index is -1.01. The van der Waals surface area contributed by atoms with Gasteiger partial charge in [-0.25, -0.2) is 0 Å². The summed E-state index contributed by atoms with van der Waals surface area (Å²) in [7, 11) is -0.567. The molecule has 0 amide bonds. The lowest BCUT2D eigenvalue weighted by Crippen LogP contribution is -2.57. The lowest BCUT2D eigenvalue weighted by atomic mass is 10.2. The molecule has 0 aromatic carbocycles. The average molecular weight is 144 g/mol. The van der Waals surface area contributed by atoms with E-state index in [1.165, 1.54) is 0 Å². The summed E-state index contributed by atoms with van der Waals surface area (Å²) in [5.74, 6) is -1.01. The van der Waals surface area contributed by atoms with Gasteiger partial charge in [0.1, 0.15) is 0 Å². The largest absolute Gasteiger partial charge is 0.649 e. The Labute approximate surface area is 57.3 Å². The SMILES string of the molecule is C1COC23OB(OC2O1)O3. The van der Waals surface area contributed by atoms with E-state index in [9.17, 15) is 0 Å². The van der Waals surface area contributed by atoms with Gasteiger partial charge in [0.15, 0.2) is 0 Å². The highest BCUT2D eigenvalue weighted by Gasteiger charge is 2.70. The van der Waals surface area contributed by atoms with Crippen LogP contribution in [0.2, 0.25) is 0 Å². The maximum Gasteiger partial charge on any atom is 0.649 e. The van der Waals surface area contributed by atoms with Crippen LogP contribution in [0.15, 0.2) is 0 Å². The van der Waals surface area contributed by atoms with Crippen molar-refractivity contribution in [1.82, 2.24) is 0 Å². The Kier molecular flexibility index (Phi) is 0.849. The maximum absolute atomic E-state index is 5.16. The van der Waals surface area contributed by atoms with Crippen LogP contribution in [0.3, 0.4) is 0 Å². The van der Waals surface area contributed by atoms with Crippen molar-refractivity contribution < 1.29 is 23.4 Å². The van der Waals surface area contributed by atoms with Crippen molar-refractivity contribution in [3.63, 3.8) is 0 Å². The summed E-state index contributed by atoms with van der Waals surface area (Å²) in [5.41, 5.74) is 0. The fourth-order valence-electron chi connectivity index (χ4n) is 1.24. The van der Waals surface area contributed by atoms with Crippen LogP contribution in [0.4, 0.5) is 0 Å². The molecule has 4 aliphatic rings. The monoisotopic (exact) mass is 144 g/mol. The first-order valence-corrected chi connectivity index (χ1v) is 3.16. The lowest BCUT2D eigenvalue weighted by molar-refractivity contribution is -0.414. The van der Waals surface area contributed by atoms with Crippen molar-refractivity contribution in [3.05, 3.63) is 0 Å². The Bertz CT molecular complexity index is 164. The molecule has 4 aliphatic heterocycles. The second-order valence-corrected chi connectivity index (χ2v) is 2.32. The van der Waals surface area contributed by atoms with Gasteiger partial charge in [-0.05, 0) is 0 Å². The van der Waals surface area contributed by atoms with Crippen molar-refractivity contribution in [3.8, 4) is 0 Å². The molecule has 1 spiro atoms. The Hall–Kier alpha value is -0.135. The summed E-state index contributed by atoms with van der Waals surface area (Å²) in [6.45, 7) is 1.03. The highest BCUT2D eigenvalue weighted by Crippen LogP contribution is 2.43. The van der Waals surface area contributed by atoms with E-state index in [0.717, 1.165) is 0 Å². The van der Waals surface area contributed by atoms with Gasteiger partial charge in [-0.3, -0.25) is 0 Å². The summed E-state index contributed by atoms with van der Waals surface area (Å²) in [5, 5.41) is 0. The topological polar surface area (TPSA) is 46.2 Å². The molecular formula is C4H5BO5. The van der Waals surface area contributed by atoms with E-state index in [4.69, 9.17) is 23.4 Å². The average Bonchev–Trinajstić information content (AvgIpc) is 2.37. The first-order chi connectivity index (χ1) is 4.89. The normalized spacial score (nSPS) is 50.4. The van der Waals surface area contributed by atoms with Crippen molar-refractivity contribution >= 4 is 7.32 Å². The quantitative estimate of drug-likeness (QED) is 0.411. The van der Waals surface area contributed by atoms with E-state index in [-0.39, 0.29) is 0 Å². The van der Waals surface area contributed by atoms with E-state index in [1.54, 1.807) is 0 Å². The van der Waals surface area contributed by atoms with Crippen molar-refractivity contribution in [2.24, 2.45) is 0 Å². The Balaban J connectivity index is 1.90. The van der Waals surface area contributed by atoms with Gasteiger partial charge >= 0.3 is 13.3 Å². The molecule has 4 heterocycles. The number of ether oxygens (including phenoxy) is 2. The van der Waals surface area contributed by atoms with Gasteiger partial charge in [-0.2, -0.15) is 0 Å². The second kappa shape index (κ2) is 1.54. The predicted molar refractivity (Wildman–Crippen MR) is 27.4 cm³/mol. The summed E-state index contributed by atoms with van der Waals surface area (Å²) in [4.78, 5) is 0. The molecule has 1 unspecified atom stereocenters. The minimum Gasteiger partial charge on any atom is -0.353 e. The van der Waals surface area contributed by atoms with Gasteiger partial charge < -0.3 is 23.4 Å². The van der Waals surface area contributed by atoms with Gasteiger partial charge in [0.05, 0.1) is 13.2 Å². The van der Waals surface area contributed by atoms with Crippen LogP contribution in [0, 0.1) is 0 Å². The van der Waals surface area contributed by atoms with E-state index < -0.39 is 19.6 Å². The molecule has 4 saturated heterocycles. The van der Waals surface area contributed by atoms with Gasteiger partial charge in [-0.1, -0.05) is 0 Å². The van der Waals surface area contributed by atoms with Crippen molar-refractivity contribution in [1.29, 1.82) is 0 Å². The third-order valence-electron chi connectivity index (χ3n) is 1.70. The van der Waals surface area contributed by atoms with E-state index in [0.29, 0.717) is 13.2 Å². The maximum atomic E-state index is 5.16. The number of rotatable bonds is 0. The van der Waals surface area contributed by atoms with Crippen LogP contribution >= 0.6 is 0 Å². The summed E-state index contributed by atoms with van der Waals surface area (Å²) < 4.78 is 25.4. The molecule has 4 fully saturated rings. The molecule has 0 aromatic rings. The van der Waals surface area contributed by atoms with E-state index in [1.807, 2.05) is 0 Å². The zero-order valence-corrected chi connectivity index (χ0v) is 5.11. The third kappa shape index (κ3) is 0.477. The molecule has 4 rings (SSSR count). The first kappa shape index (κ1) is 5.51. The van der Waals surface area contributed by atoms with Gasteiger partial charge in [-0.15, -0.1) is 0 Å². The van der Waals surface area contributed by atoms with Crippen LogP contribution in [0.25, 0.3) is 0 Å². The van der Waals surface area contributed by atoms with Crippen LogP contribution in [-0.4, -0.2) is 32.8 Å². The lowest BCUT2D eigenvalue weighted by Gasteiger charge is -2.38. The molecule has 10 heavy (non-hydrogen) atoms. The molecule has 0 N–H and O–H groups in total. The van der Waals surface area contributed by atoms with Crippen LogP contribution in [0.1, 0.15) is 0 Å². The molecule has 54 valence electrons. The Morgan fingerprint density at radius 1 is 1.30 bits per heavy atom. The van der Waals surface area contributed by atoms with Crippen LogP contribution in [-0.2, 0) is 23.4 Å². The van der Waals surface area contributed by atoms with Gasteiger partial charge in [0.25, 0.3) is 0 Å². The predicted octanol–water partition coefficient (Wildman–Crippen LogP) is -0.925. The minimum absolute atomic E-state index is 0.480. The van der Waals surface area contributed by atoms with Crippen molar-refractivity contribution in [2.75, 3.05) is 13.2 Å². The third-order valence-corrected chi connectivity index (χ3v) is 1.70. The molecular weight excluding hydrogens is 139 g/mol. The Morgan fingerprint density at radius 3 is 3.00 bits per heavy atom. The molecule has 6 heteroatoms. The van der Waals surface area contributed by atoms with Crippen LogP contribution in [0.5, 0.6) is 0 Å². The highest BCUT2D eigenvalue weighted by molar-refractivity contribution is 6.40. The summed E-state index contributed by atoms with van der Waals surface area (Å²) in [6, 6.07) is 0. The molecule has 0 radical (unpaired) electrons. The summed E-state index contributed by atoms with van der Waals surface area (Å²) >= 11 is 0. The molecule has 1 atom stereocenters. The molecule has 0 aromatic heterocycles. The molecule has 0 saturated carbocycles. The summed E-state index contributed by atoms with van der Waals surface area (Å²) in [6.07, 6.45) is -0.480. The van der Waals surface area contributed by atoms with E-state index >= 15 is 0 Å². The smallest absolute Gasteiger partial charge is 0.353 e. The van der Waals surface area contributed by atoms with Crippen molar-refractivity contribution in [2.45, 2.75) is 12.3 Å². The fourth-order valence-corrected chi connectivity index (χ4v) is 1.24. The van der Waals surface area contributed by atoms with Crippen LogP contribution < -0.4 is 0 Å². The number of hydrogen-bond acceptors (Lipinski definition) is 5. The second-order valence-electron chi connectivity index (χ2n) is 2.32. The zero-order valence-electron chi connectivity index (χ0n) is 5.11. The van der Waals surface area contributed by atoms with Gasteiger partial charge in [0, 0.05) is 0 Å². The van der Waals surface area contributed by atoms with Gasteiger partial charge in [0.2, 0.25) is 6.29 Å². The Morgan fingerprint density at radius 2 is 2.20 bits per heavy atom. The van der Waals surface area contributed by atoms with E-state index in [2.05, 4.69) is 0 Å². The highest BCUT2D eigenvalue weighted by atomic mass is 17.1. The molecule has 5 nitrogen and oxygen atoms in total. The molecule has 0 aliphatic carbocycles. The first-order valence-electron chi connectivity index (χ1n) is 3.16. The standard InChI is InChI=1S/C4H5BO5/c1-2-7-4-3(6-1)8-5(9-4)10-4/h3H,1-2H2. The fraction of sp³-hybridized carbons (Fsp3) is 1.00. The number of hydrogen-bond donors (Lipinski definition) is 0. The zero-order chi connectivity index (χ0) is 6.60.